The van der Waals surface area contributed by atoms with Crippen LogP contribution in [0, 0.1) is 27.7 Å². The van der Waals surface area contributed by atoms with Crippen molar-refractivity contribution in [3.05, 3.63) is 82.2 Å². The van der Waals surface area contributed by atoms with Gasteiger partial charge in [0.15, 0.2) is 0 Å². The van der Waals surface area contributed by atoms with Gasteiger partial charge in [-0.3, -0.25) is 0 Å². The van der Waals surface area contributed by atoms with Crippen molar-refractivity contribution in [3.8, 4) is 22.3 Å². The second-order valence-electron chi connectivity index (χ2n) is 7.75. The summed E-state index contributed by atoms with van der Waals surface area (Å²) >= 11 is 0. The van der Waals surface area contributed by atoms with Crippen LogP contribution in [0.2, 0.25) is 0 Å². The molecule has 26 heavy (non-hydrogen) atoms. The van der Waals surface area contributed by atoms with Gasteiger partial charge in [-0.05, 0) is 72.1 Å². The Labute approximate surface area is 171 Å². The predicted molar refractivity (Wildman–Crippen MR) is 115 cm³/mol. The minimum absolute atomic E-state index is 0.0742. The second kappa shape index (κ2) is 6.76. The Morgan fingerprint density at radius 1 is 0.615 bits per heavy atom. The van der Waals surface area contributed by atoms with E-state index in [4.69, 9.17) is 12.3 Å². The molecule has 0 bridgehead atoms. The number of benzene rings is 3. The maximum Gasteiger partial charge on any atom is 0.0629 e. The molecule has 0 aliphatic heterocycles. The van der Waals surface area contributed by atoms with Crippen molar-refractivity contribution in [2.24, 2.45) is 0 Å². The van der Waals surface area contributed by atoms with E-state index in [-0.39, 0.29) is 76.6 Å². The summed E-state index contributed by atoms with van der Waals surface area (Å²) < 4.78 is 77.2. The molecule has 0 nitrogen and oxygen atoms in total. The summed E-state index contributed by atoms with van der Waals surface area (Å²) in [5.41, 5.74) is 2.20. The van der Waals surface area contributed by atoms with E-state index >= 15 is 0 Å². The zero-order chi connectivity index (χ0) is 26.9. The van der Waals surface area contributed by atoms with Crippen LogP contribution in [0.1, 0.15) is 60.9 Å². The van der Waals surface area contributed by atoms with Crippen LogP contribution in [0.25, 0.3) is 22.3 Å². The van der Waals surface area contributed by atoms with Gasteiger partial charge in [0.1, 0.15) is 0 Å². The van der Waals surface area contributed by atoms with E-state index in [0.29, 0.717) is 27.8 Å². The molecule has 0 saturated carbocycles. The van der Waals surface area contributed by atoms with Crippen molar-refractivity contribution in [3.63, 3.8) is 0 Å². The minimum atomic E-state index is -0.670. The molecule has 0 aliphatic rings. The summed E-state index contributed by atoms with van der Waals surface area (Å²) in [5.74, 6) is 0. The summed E-state index contributed by atoms with van der Waals surface area (Å²) in [4.78, 5) is 0. The van der Waals surface area contributed by atoms with Gasteiger partial charge in [-0.1, -0.05) is 86.3 Å². The molecule has 3 rings (SSSR count). The van der Waals surface area contributed by atoms with Gasteiger partial charge in [-0.2, -0.15) is 0 Å². The molecule has 0 heterocycles. The lowest BCUT2D eigenvalue weighted by atomic mass is 9.74. The molecule has 3 aromatic carbocycles. The summed E-state index contributed by atoms with van der Waals surface area (Å²) in [6.07, 6.45) is 0. The van der Waals surface area contributed by atoms with Gasteiger partial charge >= 0.3 is 0 Å². The first-order valence-electron chi connectivity index (χ1n) is 13.2. The van der Waals surface area contributed by atoms with Crippen LogP contribution in [0.5, 0.6) is 0 Å². The fourth-order valence-electron chi connectivity index (χ4n) is 3.28. The Morgan fingerprint density at radius 3 is 1.27 bits per heavy atom. The normalized spacial score (nSPS) is 16.5. The lowest BCUT2D eigenvalue weighted by Gasteiger charge is -2.30. The molecule has 0 aliphatic carbocycles. The zero-order valence-electron chi connectivity index (χ0n) is 25.5. The average molecular weight is 352 g/mol. The third-order valence-electron chi connectivity index (χ3n) is 4.38. The summed E-state index contributed by atoms with van der Waals surface area (Å²) in [5, 5.41) is 0. The third-order valence-corrected chi connectivity index (χ3v) is 4.38. The van der Waals surface area contributed by atoms with Gasteiger partial charge in [-0.15, -0.1) is 0 Å². The highest BCUT2D eigenvalue weighted by atomic mass is 14.3. The molecule has 0 spiro atoms. The molecule has 0 heteroatoms. The molecule has 0 fully saturated rings. The van der Waals surface area contributed by atoms with E-state index in [1.165, 1.54) is 13.8 Å². The van der Waals surface area contributed by atoms with E-state index in [9.17, 15) is 0 Å². The van der Waals surface area contributed by atoms with Gasteiger partial charge in [0.2, 0.25) is 0 Å². The third kappa shape index (κ3) is 3.46. The second-order valence-corrected chi connectivity index (χ2v) is 7.75. The van der Waals surface area contributed by atoms with Gasteiger partial charge in [0.25, 0.3) is 0 Å². The number of hydrogen-bond acceptors (Lipinski definition) is 0. The van der Waals surface area contributed by atoms with Crippen LogP contribution in [0.4, 0.5) is 0 Å². The molecule has 0 aromatic heterocycles. The summed E-state index contributed by atoms with van der Waals surface area (Å²) in [7, 11) is 0. The molecular weight excluding hydrogens is 312 g/mol. The van der Waals surface area contributed by atoms with E-state index < -0.39 is 5.41 Å². The van der Waals surface area contributed by atoms with E-state index in [0.717, 1.165) is 0 Å². The van der Waals surface area contributed by atoms with Crippen LogP contribution in [-0.4, -0.2) is 0 Å². The Kier molecular flexibility index (Phi) is 2.63. The lowest BCUT2D eigenvalue weighted by molar-refractivity contribution is 0.593. The van der Waals surface area contributed by atoms with Crippen LogP contribution < -0.4 is 0 Å². The first-order chi connectivity index (χ1) is 16.0. The average Bonchev–Trinajstić information content (AvgIpc) is 2.79. The Bertz CT molecular complexity index is 1240. The van der Waals surface area contributed by atoms with Crippen molar-refractivity contribution in [1.82, 2.24) is 0 Å². The largest absolute Gasteiger partial charge is 0.0629 e. The Balaban J connectivity index is 2.75. The molecule has 0 atom stereocenters. The molecular formula is C26H30. The van der Waals surface area contributed by atoms with Gasteiger partial charge < -0.3 is 0 Å². The summed E-state index contributed by atoms with van der Waals surface area (Å²) in [6, 6.07) is -1.39. The minimum Gasteiger partial charge on any atom is -0.0587 e. The number of hydrogen-bond donors (Lipinski definition) is 0. The van der Waals surface area contributed by atoms with Gasteiger partial charge in [0, 0.05) is 0 Å². The fourth-order valence-corrected chi connectivity index (χ4v) is 3.28. The monoisotopic (exact) mass is 351 g/mol. The highest BCUT2D eigenvalue weighted by molar-refractivity contribution is 5.84. The Morgan fingerprint density at radius 2 is 0.962 bits per heavy atom. The first kappa shape index (κ1) is 10.1. The lowest BCUT2D eigenvalue weighted by Crippen LogP contribution is -2.16. The van der Waals surface area contributed by atoms with Crippen LogP contribution >= 0.6 is 0 Å². The van der Waals surface area contributed by atoms with Crippen molar-refractivity contribution in [1.29, 1.82) is 0 Å². The first-order valence-corrected chi connectivity index (χ1v) is 8.75. The highest BCUT2D eigenvalue weighted by Crippen LogP contribution is 2.43. The summed E-state index contributed by atoms with van der Waals surface area (Å²) in [6.45, 7) is 12.2. The van der Waals surface area contributed by atoms with Gasteiger partial charge in [-0.25, -0.2) is 0 Å². The SMILES string of the molecule is [2H]c1c([2H])c(-c2c(C)c([2H])c(C)c(-c3c([2H])c([2H])c(C)c([2H])c3[2H])c2C(C)(C)C)c([2H])c([2H])c1C. The van der Waals surface area contributed by atoms with Gasteiger partial charge in [0.05, 0.1) is 12.3 Å². The topological polar surface area (TPSA) is 0 Å². The molecule has 0 radical (unpaired) electrons. The molecule has 3 aromatic rings. The van der Waals surface area contributed by atoms with E-state index in [2.05, 4.69) is 0 Å². The van der Waals surface area contributed by atoms with Crippen LogP contribution in [0.15, 0.2) is 54.4 Å². The number of rotatable bonds is 2. The standard InChI is InChI=1S/C26H30/c1-17-8-12-21(13-9-17)23-19(3)16-20(4)24(25(23)26(5,6)7)22-14-10-18(2)11-15-22/h8-16H,1-7H3/i8D,9D,10D,11D,12D,13D,14D,15D,16D. The maximum absolute atomic E-state index is 8.87. The van der Waals surface area contributed by atoms with Crippen molar-refractivity contribution in [2.45, 2.75) is 53.9 Å². The zero-order valence-corrected chi connectivity index (χ0v) is 16.5. The van der Waals surface area contributed by atoms with E-state index in [1.807, 2.05) is 20.8 Å². The molecule has 134 valence electrons. The van der Waals surface area contributed by atoms with Crippen LogP contribution in [-0.2, 0) is 5.41 Å². The van der Waals surface area contributed by atoms with Crippen molar-refractivity contribution >= 4 is 0 Å². The van der Waals surface area contributed by atoms with Crippen molar-refractivity contribution < 1.29 is 12.3 Å². The fraction of sp³-hybridized carbons (Fsp3) is 0.308. The van der Waals surface area contributed by atoms with Crippen LogP contribution in [0.3, 0.4) is 0 Å². The van der Waals surface area contributed by atoms with E-state index in [1.54, 1.807) is 13.8 Å². The quantitative estimate of drug-likeness (QED) is 0.447. The molecule has 0 unspecified atom stereocenters. The predicted octanol–water partition coefficient (Wildman–Crippen LogP) is 7.55. The highest BCUT2D eigenvalue weighted by Gasteiger charge is 2.26. The molecule has 0 amide bonds. The molecule has 0 saturated heterocycles. The van der Waals surface area contributed by atoms with Crippen molar-refractivity contribution in [2.75, 3.05) is 0 Å². The maximum atomic E-state index is 8.87. The Hall–Kier alpha value is -2.34. The smallest absolute Gasteiger partial charge is 0.0587 e. The molecule has 0 N–H and O–H groups in total.